The molecule has 0 amide bonds. The van der Waals surface area contributed by atoms with Crippen molar-refractivity contribution in [3.63, 3.8) is 0 Å². The third-order valence-electron chi connectivity index (χ3n) is 3.17. The summed E-state index contributed by atoms with van der Waals surface area (Å²) in [6.07, 6.45) is 1.66. The molecule has 1 aromatic carbocycles. The largest absolute Gasteiger partial charge is 0.467 e. The van der Waals surface area contributed by atoms with Crippen LogP contribution in [0.5, 0.6) is 0 Å². The number of rotatable bonds is 6. The van der Waals surface area contributed by atoms with Crippen molar-refractivity contribution in [2.75, 3.05) is 10.6 Å². The Balaban J connectivity index is 1.64. The Morgan fingerprint density at radius 1 is 0.955 bits per heavy atom. The molecule has 0 aliphatic heterocycles. The fourth-order valence-electron chi connectivity index (χ4n) is 2.11. The predicted octanol–water partition coefficient (Wildman–Crippen LogP) is 3.60. The molecule has 0 atom stereocenters. The van der Waals surface area contributed by atoms with Crippen LogP contribution in [0.4, 0.5) is 11.8 Å². The molecule has 112 valence electrons. The molecule has 0 aliphatic carbocycles. The van der Waals surface area contributed by atoms with E-state index in [1.165, 1.54) is 5.56 Å². The normalized spacial score (nSPS) is 10.4. The molecule has 0 radical (unpaired) electrons. The van der Waals surface area contributed by atoms with E-state index < -0.39 is 0 Å². The van der Waals surface area contributed by atoms with Crippen LogP contribution in [0.3, 0.4) is 0 Å². The lowest BCUT2D eigenvalue weighted by Crippen LogP contribution is -2.07. The van der Waals surface area contributed by atoms with Gasteiger partial charge in [-0.3, -0.25) is 0 Å². The zero-order valence-electron chi connectivity index (χ0n) is 12.4. The highest BCUT2D eigenvalue weighted by molar-refractivity contribution is 5.42. The molecule has 5 heteroatoms. The highest BCUT2D eigenvalue weighted by Crippen LogP contribution is 2.12. The first kappa shape index (κ1) is 14.1. The molecular weight excluding hydrogens is 276 g/mol. The summed E-state index contributed by atoms with van der Waals surface area (Å²) in [4.78, 5) is 8.88. The highest BCUT2D eigenvalue weighted by atomic mass is 16.3. The molecule has 2 N–H and O–H groups in total. The minimum atomic E-state index is 0.599. The van der Waals surface area contributed by atoms with Gasteiger partial charge >= 0.3 is 0 Å². The number of furan rings is 1. The van der Waals surface area contributed by atoms with E-state index in [0.717, 1.165) is 17.3 Å². The molecule has 0 bridgehead atoms. The molecule has 5 nitrogen and oxygen atoms in total. The molecular formula is C17H18N4O. The highest BCUT2D eigenvalue weighted by Gasteiger charge is 2.03. The van der Waals surface area contributed by atoms with Gasteiger partial charge in [0.2, 0.25) is 5.95 Å². The Hall–Kier alpha value is -2.82. The summed E-state index contributed by atoms with van der Waals surface area (Å²) in [5.41, 5.74) is 2.10. The van der Waals surface area contributed by atoms with E-state index in [-0.39, 0.29) is 0 Å². The van der Waals surface area contributed by atoms with Crippen molar-refractivity contribution in [3.8, 4) is 0 Å². The van der Waals surface area contributed by atoms with E-state index in [9.17, 15) is 0 Å². The van der Waals surface area contributed by atoms with Gasteiger partial charge < -0.3 is 15.1 Å². The Morgan fingerprint density at radius 3 is 2.59 bits per heavy atom. The van der Waals surface area contributed by atoms with Crippen molar-refractivity contribution in [2.45, 2.75) is 20.0 Å². The molecule has 0 spiro atoms. The summed E-state index contributed by atoms with van der Waals surface area (Å²) in [6.45, 7) is 3.25. The third-order valence-corrected chi connectivity index (χ3v) is 3.17. The summed E-state index contributed by atoms with van der Waals surface area (Å²) in [7, 11) is 0. The zero-order chi connectivity index (χ0) is 15.2. The standard InChI is InChI=1S/C17H18N4O/c1-13-10-16(18-12-15-8-5-9-22-15)21-17(20-13)19-11-14-6-3-2-4-7-14/h2-10H,11-12H2,1H3,(H2,18,19,20,21). The second kappa shape index (κ2) is 6.76. The number of anilines is 2. The topological polar surface area (TPSA) is 63.0 Å². The molecule has 0 unspecified atom stereocenters. The Morgan fingerprint density at radius 2 is 1.82 bits per heavy atom. The van der Waals surface area contributed by atoms with Gasteiger partial charge in [-0.15, -0.1) is 0 Å². The lowest BCUT2D eigenvalue weighted by atomic mass is 10.2. The number of nitrogens with one attached hydrogen (secondary N) is 2. The van der Waals surface area contributed by atoms with Crippen molar-refractivity contribution >= 4 is 11.8 Å². The Labute approximate surface area is 129 Å². The van der Waals surface area contributed by atoms with Crippen LogP contribution < -0.4 is 10.6 Å². The fourth-order valence-corrected chi connectivity index (χ4v) is 2.11. The second-order valence-electron chi connectivity index (χ2n) is 4.99. The van der Waals surface area contributed by atoms with Crippen LogP contribution in [0.15, 0.2) is 59.2 Å². The van der Waals surface area contributed by atoms with Crippen molar-refractivity contribution in [1.29, 1.82) is 0 Å². The number of hydrogen-bond acceptors (Lipinski definition) is 5. The van der Waals surface area contributed by atoms with E-state index >= 15 is 0 Å². The van der Waals surface area contributed by atoms with Crippen LogP contribution in [0, 0.1) is 6.92 Å². The number of hydrogen-bond donors (Lipinski definition) is 2. The summed E-state index contributed by atoms with van der Waals surface area (Å²) >= 11 is 0. The van der Waals surface area contributed by atoms with Crippen LogP contribution in [0.25, 0.3) is 0 Å². The lowest BCUT2D eigenvalue weighted by molar-refractivity contribution is 0.518. The minimum Gasteiger partial charge on any atom is -0.467 e. The maximum absolute atomic E-state index is 5.30. The van der Waals surface area contributed by atoms with Crippen LogP contribution >= 0.6 is 0 Å². The number of nitrogens with zero attached hydrogens (tertiary/aromatic N) is 2. The average molecular weight is 294 g/mol. The molecule has 3 rings (SSSR count). The van der Waals surface area contributed by atoms with Gasteiger partial charge in [0.05, 0.1) is 12.8 Å². The van der Waals surface area contributed by atoms with Gasteiger partial charge in [-0.2, -0.15) is 4.98 Å². The first-order valence-electron chi connectivity index (χ1n) is 7.19. The molecule has 2 heterocycles. The van der Waals surface area contributed by atoms with Gasteiger partial charge in [0.25, 0.3) is 0 Å². The molecule has 0 aliphatic rings. The van der Waals surface area contributed by atoms with Crippen LogP contribution in [-0.4, -0.2) is 9.97 Å². The predicted molar refractivity (Wildman–Crippen MR) is 86.6 cm³/mol. The second-order valence-corrected chi connectivity index (χ2v) is 4.99. The van der Waals surface area contributed by atoms with Gasteiger partial charge in [-0.05, 0) is 24.6 Å². The SMILES string of the molecule is Cc1cc(NCc2ccco2)nc(NCc2ccccc2)n1. The fraction of sp³-hybridized carbons (Fsp3) is 0.176. The Kier molecular flexibility index (Phi) is 4.34. The zero-order valence-corrected chi connectivity index (χ0v) is 12.4. The molecule has 0 saturated carbocycles. The maximum Gasteiger partial charge on any atom is 0.225 e. The van der Waals surface area contributed by atoms with E-state index in [1.54, 1.807) is 6.26 Å². The van der Waals surface area contributed by atoms with E-state index in [1.807, 2.05) is 43.3 Å². The first-order chi connectivity index (χ1) is 10.8. The summed E-state index contributed by atoms with van der Waals surface area (Å²) in [5.74, 6) is 2.26. The van der Waals surface area contributed by atoms with Crippen molar-refractivity contribution in [2.24, 2.45) is 0 Å². The molecule has 2 aromatic heterocycles. The minimum absolute atomic E-state index is 0.599. The molecule has 0 fully saturated rings. The average Bonchev–Trinajstić information content (AvgIpc) is 3.05. The van der Waals surface area contributed by atoms with Crippen molar-refractivity contribution < 1.29 is 4.42 Å². The van der Waals surface area contributed by atoms with Crippen LogP contribution in [0.2, 0.25) is 0 Å². The third kappa shape index (κ3) is 3.85. The molecule has 22 heavy (non-hydrogen) atoms. The number of aryl methyl sites for hydroxylation is 1. The smallest absolute Gasteiger partial charge is 0.225 e. The van der Waals surface area contributed by atoms with Gasteiger partial charge in [0, 0.05) is 18.3 Å². The van der Waals surface area contributed by atoms with E-state index in [4.69, 9.17) is 4.42 Å². The monoisotopic (exact) mass is 294 g/mol. The summed E-state index contributed by atoms with van der Waals surface area (Å²) in [6, 6.07) is 15.9. The summed E-state index contributed by atoms with van der Waals surface area (Å²) < 4.78 is 5.30. The molecule has 0 saturated heterocycles. The van der Waals surface area contributed by atoms with Crippen molar-refractivity contribution in [3.05, 3.63) is 71.8 Å². The number of benzene rings is 1. The number of aromatic nitrogens is 2. The lowest BCUT2D eigenvalue weighted by Gasteiger charge is -2.09. The van der Waals surface area contributed by atoms with Crippen LogP contribution in [-0.2, 0) is 13.1 Å². The Bertz CT molecular complexity index is 711. The van der Waals surface area contributed by atoms with Gasteiger partial charge in [-0.25, -0.2) is 4.98 Å². The first-order valence-corrected chi connectivity index (χ1v) is 7.19. The van der Waals surface area contributed by atoms with E-state index in [2.05, 4.69) is 32.7 Å². The van der Waals surface area contributed by atoms with Gasteiger partial charge in [-0.1, -0.05) is 30.3 Å². The van der Waals surface area contributed by atoms with Gasteiger partial charge in [0.1, 0.15) is 11.6 Å². The van der Waals surface area contributed by atoms with Crippen molar-refractivity contribution in [1.82, 2.24) is 9.97 Å². The maximum atomic E-state index is 5.30. The molecule has 3 aromatic rings. The van der Waals surface area contributed by atoms with E-state index in [0.29, 0.717) is 19.0 Å². The quantitative estimate of drug-likeness (QED) is 0.727. The van der Waals surface area contributed by atoms with Crippen LogP contribution in [0.1, 0.15) is 17.0 Å². The summed E-state index contributed by atoms with van der Waals surface area (Å²) in [5, 5.41) is 6.49. The van der Waals surface area contributed by atoms with Gasteiger partial charge in [0.15, 0.2) is 0 Å².